The Morgan fingerprint density at radius 1 is 1.11 bits per heavy atom. The van der Waals surface area contributed by atoms with Crippen LogP contribution >= 0.6 is 28.1 Å². The van der Waals surface area contributed by atoms with Crippen molar-refractivity contribution >= 4 is 44.9 Å². The zero-order valence-electron chi connectivity index (χ0n) is 13.7. The van der Waals surface area contributed by atoms with Crippen molar-refractivity contribution in [2.24, 2.45) is 0 Å². The molecule has 0 unspecified atom stereocenters. The average Bonchev–Trinajstić information content (AvgIpc) is 3.03. The number of alkyl halides is 3. The van der Waals surface area contributed by atoms with Crippen LogP contribution in [0.1, 0.15) is 11.1 Å². The van der Waals surface area contributed by atoms with Gasteiger partial charge in [0, 0.05) is 10.2 Å². The number of hydrogen-bond acceptors (Lipinski definition) is 3. The third kappa shape index (κ3) is 5.51. The van der Waals surface area contributed by atoms with Gasteiger partial charge >= 0.3 is 6.18 Å². The summed E-state index contributed by atoms with van der Waals surface area (Å²) in [4.78, 5) is 4.06. The van der Waals surface area contributed by atoms with E-state index in [1.807, 2.05) is 24.3 Å². The summed E-state index contributed by atoms with van der Waals surface area (Å²) in [7, 11) is 0. The normalized spacial score (nSPS) is 11.3. The second-order valence-electron chi connectivity index (χ2n) is 5.55. The summed E-state index contributed by atoms with van der Waals surface area (Å²) in [5, 5.41) is 10.3. The number of benzene rings is 2. The van der Waals surface area contributed by atoms with Crippen molar-refractivity contribution in [3.05, 3.63) is 70.5 Å². The molecule has 27 heavy (non-hydrogen) atoms. The van der Waals surface area contributed by atoms with Crippen molar-refractivity contribution in [1.29, 1.82) is 0 Å². The Kier molecular flexibility index (Phi) is 5.76. The van der Waals surface area contributed by atoms with E-state index >= 15 is 0 Å². The highest BCUT2D eigenvalue weighted by Crippen LogP contribution is 2.29. The van der Waals surface area contributed by atoms with Crippen LogP contribution in [-0.2, 0) is 12.7 Å². The van der Waals surface area contributed by atoms with Crippen LogP contribution in [0.4, 0.5) is 24.8 Å². The molecular weight excluding hydrogens is 443 g/mol. The molecular formula is C17H13BrF3N5S. The van der Waals surface area contributed by atoms with Crippen LogP contribution in [0.3, 0.4) is 0 Å². The second-order valence-corrected chi connectivity index (χ2v) is 6.87. The van der Waals surface area contributed by atoms with E-state index in [0.717, 1.165) is 22.3 Å². The molecule has 0 fully saturated rings. The lowest BCUT2D eigenvalue weighted by molar-refractivity contribution is -0.137. The fraction of sp³-hybridized carbons (Fsp3) is 0.118. The van der Waals surface area contributed by atoms with Crippen LogP contribution in [0.5, 0.6) is 0 Å². The standard InChI is InChI=1S/C17H13BrF3N5S/c18-13-4-6-14(7-5-13)23-16(27)24-15-22-10-26(25-15)9-11-2-1-3-12(8-11)17(19,20)21/h1-8,10H,9H2,(H2,23,24,25,27). The van der Waals surface area contributed by atoms with Crippen LogP contribution in [0.2, 0.25) is 0 Å². The topological polar surface area (TPSA) is 54.8 Å². The minimum absolute atomic E-state index is 0.158. The molecule has 0 amide bonds. The molecule has 0 radical (unpaired) electrons. The van der Waals surface area contributed by atoms with Gasteiger partial charge in [-0.3, -0.25) is 5.32 Å². The smallest absolute Gasteiger partial charge is 0.332 e. The average molecular weight is 456 g/mol. The summed E-state index contributed by atoms with van der Waals surface area (Å²) in [6.07, 6.45) is -2.96. The maximum absolute atomic E-state index is 12.8. The first-order valence-electron chi connectivity index (χ1n) is 7.69. The highest BCUT2D eigenvalue weighted by Gasteiger charge is 2.30. The largest absolute Gasteiger partial charge is 0.416 e. The van der Waals surface area contributed by atoms with Gasteiger partial charge in [0.2, 0.25) is 5.95 Å². The number of anilines is 2. The van der Waals surface area contributed by atoms with Crippen molar-refractivity contribution < 1.29 is 13.2 Å². The lowest BCUT2D eigenvalue weighted by Gasteiger charge is -2.09. The van der Waals surface area contributed by atoms with Crippen LogP contribution < -0.4 is 10.6 Å². The molecule has 10 heteroatoms. The minimum atomic E-state index is -4.38. The molecule has 0 aliphatic carbocycles. The lowest BCUT2D eigenvalue weighted by Crippen LogP contribution is -2.20. The van der Waals surface area contributed by atoms with Crippen LogP contribution in [-0.4, -0.2) is 19.9 Å². The van der Waals surface area contributed by atoms with E-state index in [9.17, 15) is 13.2 Å². The molecule has 3 aromatic rings. The summed E-state index contributed by atoms with van der Waals surface area (Å²) in [5.74, 6) is 0.247. The first-order chi connectivity index (χ1) is 12.8. The molecule has 0 aliphatic heterocycles. The molecule has 1 aromatic heterocycles. The number of nitrogens with zero attached hydrogens (tertiary/aromatic N) is 3. The van der Waals surface area contributed by atoms with E-state index in [1.165, 1.54) is 17.1 Å². The highest BCUT2D eigenvalue weighted by atomic mass is 79.9. The third-order valence-electron chi connectivity index (χ3n) is 3.46. The Balaban J connectivity index is 1.61. The quantitative estimate of drug-likeness (QED) is 0.547. The van der Waals surface area contributed by atoms with Gasteiger partial charge in [-0.1, -0.05) is 28.1 Å². The molecule has 1 heterocycles. The van der Waals surface area contributed by atoms with Gasteiger partial charge in [-0.2, -0.15) is 13.2 Å². The summed E-state index contributed by atoms with van der Waals surface area (Å²) >= 11 is 8.55. The Hall–Kier alpha value is -2.46. The van der Waals surface area contributed by atoms with Crippen LogP contribution in [0.25, 0.3) is 0 Å². The van der Waals surface area contributed by atoms with Crippen molar-refractivity contribution in [3.8, 4) is 0 Å². The maximum atomic E-state index is 12.8. The van der Waals surface area contributed by atoms with Crippen LogP contribution in [0, 0.1) is 0 Å². The fourth-order valence-corrected chi connectivity index (χ4v) is 2.73. The molecule has 2 N–H and O–H groups in total. The summed E-state index contributed by atoms with van der Waals surface area (Å²) in [6.45, 7) is 0.158. The van der Waals surface area contributed by atoms with Gasteiger partial charge in [0.05, 0.1) is 12.1 Å². The molecule has 140 valence electrons. The van der Waals surface area contributed by atoms with Crippen molar-refractivity contribution in [2.75, 3.05) is 10.6 Å². The maximum Gasteiger partial charge on any atom is 0.416 e. The van der Waals surface area contributed by atoms with Gasteiger partial charge < -0.3 is 5.32 Å². The Bertz CT molecular complexity index is 940. The molecule has 3 rings (SSSR count). The molecule has 5 nitrogen and oxygen atoms in total. The Labute approximate surface area is 166 Å². The molecule has 0 spiro atoms. The summed E-state index contributed by atoms with van der Waals surface area (Å²) in [6, 6.07) is 12.5. The molecule has 0 bridgehead atoms. The van der Waals surface area contributed by atoms with Crippen molar-refractivity contribution in [2.45, 2.75) is 12.7 Å². The van der Waals surface area contributed by atoms with Crippen molar-refractivity contribution in [3.63, 3.8) is 0 Å². The number of hydrogen-bond donors (Lipinski definition) is 2. The number of rotatable bonds is 4. The van der Waals surface area contributed by atoms with Gasteiger partial charge in [0.25, 0.3) is 0 Å². The molecule has 0 saturated heterocycles. The van der Waals surface area contributed by atoms with Gasteiger partial charge in [0.1, 0.15) is 6.33 Å². The predicted octanol–water partition coefficient (Wildman–Crippen LogP) is 4.92. The predicted molar refractivity (Wildman–Crippen MR) is 105 cm³/mol. The van der Waals surface area contributed by atoms with Crippen LogP contribution in [0.15, 0.2) is 59.3 Å². The Morgan fingerprint density at radius 3 is 2.56 bits per heavy atom. The van der Waals surface area contributed by atoms with Crippen molar-refractivity contribution in [1.82, 2.24) is 14.8 Å². The Morgan fingerprint density at radius 2 is 1.85 bits per heavy atom. The van der Waals surface area contributed by atoms with Gasteiger partial charge in [-0.05, 0) is 54.2 Å². The zero-order valence-corrected chi connectivity index (χ0v) is 16.1. The fourth-order valence-electron chi connectivity index (χ4n) is 2.26. The third-order valence-corrected chi connectivity index (χ3v) is 4.20. The summed E-state index contributed by atoms with van der Waals surface area (Å²) < 4.78 is 40.7. The monoisotopic (exact) mass is 455 g/mol. The number of thiocarbonyl (C=S) groups is 1. The van der Waals surface area contributed by atoms with E-state index in [2.05, 4.69) is 36.6 Å². The summed E-state index contributed by atoms with van der Waals surface area (Å²) in [5.41, 5.74) is 0.564. The number of aromatic nitrogens is 3. The van der Waals surface area contributed by atoms with E-state index < -0.39 is 11.7 Å². The highest BCUT2D eigenvalue weighted by molar-refractivity contribution is 9.10. The van der Waals surface area contributed by atoms with Gasteiger partial charge in [-0.25, -0.2) is 9.67 Å². The number of nitrogens with one attached hydrogen (secondary N) is 2. The molecule has 2 aromatic carbocycles. The van der Waals surface area contributed by atoms with E-state index in [0.29, 0.717) is 10.7 Å². The first-order valence-corrected chi connectivity index (χ1v) is 8.89. The zero-order chi connectivity index (χ0) is 19.4. The SMILES string of the molecule is FC(F)(F)c1cccc(Cn2cnc(NC(=S)Nc3ccc(Br)cc3)n2)c1. The van der Waals surface area contributed by atoms with E-state index in [1.54, 1.807) is 6.07 Å². The molecule has 0 aliphatic rings. The molecule has 0 saturated carbocycles. The van der Waals surface area contributed by atoms with Gasteiger partial charge in [0.15, 0.2) is 5.11 Å². The molecule has 0 atom stereocenters. The van der Waals surface area contributed by atoms with Gasteiger partial charge in [-0.15, -0.1) is 5.10 Å². The number of halogens is 4. The minimum Gasteiger partial charge on any atom is -0.332 e. The van der Waals surface area contributed by atoms with E-state index in [4.69, 9.17) is 12.2 Å². The lowest BCUT2D eigenvalue weighted by atomic mass is 10.1. The second kappa shape index (κ2) is 8.05. The van der Waals surface area contributed by atoms with E-state index in [-0.39, 0.29) is 12.5 Å². The first kappa shape index (κ1) is 19.3.